The van der Waals surface area contributed by atoms with Gasteiger partial charge in [-0.1, -0.05) is 121 Å². The van der Waals surface area contributed by atoms with Gasteiger partial charge >= 0.3 is 0 Å². The van der Waals surface area contributed by atoms with E-state index in [1.807, 2.05) is 60.7 Å². The van der Waals surface area contributed by atoms with Crippen molar-refractivity contribution < 1.29 is 0 Å². The van der Waals surface area contributed by atoms with Gasteiger partial charge in [0.15, 0.2) is 17.5 Å². The molecule has 9 aromatic rings. The maximum Gasteiger partial charge on any atom is 0.164 e. The van der Waals surface area contributed by atoms with Crippen molar-refractivity contribution in [1.29, 1.82) is 0 Å². The third-order valence-electron chi connectivity index (χ3n) is 8.58. The van der Waals surface area contributed by atoms with Gasteiger partial charge in [0.25, 0.3) is 0 Å². The van der Waals surface area contributed by atoms with Crippen LogP contribution < -0.4 is 0 Å². The first-order valence-corrected chi connectivity index (χ1v) is 15.4. The molecule has 0 atom stereocenters. The summed E-state index contributed by atoms with van der Waals surface area (Å²) in [7, 11) is 0. The SMILES string of the molecule is c1ccc(-c2nc(-c3ccccc3)nc(-c3cccc(-n4ccc5ccc6c7ccccc7n(-c7ccccc7)c6c54)c3)n2)cc1. The van der Waals surface area contributed by atoms with Crippen LogP contribution >= 0.6 is 0 Å². The Balaban J connectivity index is 1.27. The van der Waals surface area contributed by atoms with E-state index < -0.39 is 0 Å². The molecule has 0 saturated heterocycles. The molecule has 0 aliphatic carbocycles. The Morgan fingerprint density at radius 2 is 0.957 bits per heavy atom. The highest BCUT2D eigenvalue weighted by Crippen LogP contribution is 2.38. The van der Waals surface area contributed by atoms with Crippen molar-refractivity contribution in [3.05, 3.63) is 164 Å². The van der Waals surface area contributed by atoms with Crippen LogP contribution in [0, 0.1) is 0 Å². The van der Waals surface area contributed by atoms with Crippen LogP contribution in [0.15, 0.2) is 164 Å². The fourth-order valence-electron chi connectivity index (χ4n) is 6.47. The van der Waals surface area contributed by atoms with Crippen LogP contribution in [0.3, 0.4) is 0 Å². The van der Waals surface area contributed by atoms with E-state index in [9.17, 15) is 0 Å². The van der Waals surface area contributed by atoms with Crippen LogP contribution in [0.25, 0.3) is 78.2 Å². The van der Waals surface area contributed by atoms with Crippen LogP contribution in [0.4, 0.5) is 0 Å². The summed E-state index contributed by atoms with van der Waals surface area (Å²) in [5.41, 5.74) is 8.51. The van der Waals surface area contributed by atoms with E-state index in [0.717, 1.165) is 33.6 Å². The molecule has 0 saturated carbocycles. The number of rotatable bonds is 5. The zero-order chi connectivity index (χ0) is 30.5. The standard InChI is InChI=1S/C41H27N5/c1-4-13-29(14-5-1)39-42-40(30-15-6-2-7-16-30)44-41(43-39)31-17-12-20-33(27-31)45-26-25-28-23-24-35-34-21-10-11-22-36(34)46(38(35)37(28)45)32-18-8-3-9-19-32/h1-27H. The van der Waals surface area contributed by atoms with Gasteiger partial charge in [0, 0.05) is 50.4 Å². The topological polar surface area (TPSA) is 48.5 Å². The average molecular weight is 590 g/mol. The molecule has 0 radical (unpaired) electrons. The molecule has 46 heavy (non-hydrogen) atoms. The molecule has 6 aromatic carbocycles. The minimum atomic E-state index is 0.634. The Labute approximate surface area is 265 Å². The number of para-hydroxylation sites is 2. The molecule has 0 unspecified atom stereocenters. The number of hydrogen-bond acceptors (Lipinski definition) is 3. The van der Waals surface area contributed by atoms with Crippen molar-refractivity contribution in [2.24, 2.45) is 0 Å². The van der Waals surface area contributed by atoms with Gasteiger partial charge in [-0.3, -0.25) is 0 Å². The highest BCUT2D eigenvalue weighted by Gasteiger charge is 2.18. The number of nitrogens with zero attached hydrogens (tertiary/aromatic N) is 5. The molecule has 0 bridgehead atoms. The van der Waals surface area contributed by atoms with Gasteiger partial charge in [-0.2, -0.15) is 0 Å². The Bertz CT molecular complexity index is 2460. The highest BCUT2D eigenvalue weighted by atomic mass is 15.0. The van der Waals surface area contributed by atoms with Crippen LogP contribution in [0.1, 0.15) is 0 Å². The summed E-state index contributed by atoms with van der Waals surface area (Å²) in [6, 6.07) is 54.6. The van der Waals surface area contributed by atoms with Gasteiger partial charge in [-0.15, -0.1) is 0 Å². The molecule has 216 valence electrons. The second-order valence-electron chi connectivity index (χ2n) is 11.4. The minimum Gasteiger partial charge on any atom is -0.315 e. The Kier molecular flexibility index (Phi) is 6.06. The van der Waals surface area contributed by atoms with Crippen LogP contribution in [-0.4, -0.2) is 24.1 Å². The fraction of sp³-hybridized carbons (Fsp3) is 0. The molecule has 0 N–H and O–H groups in total. The lowest BCUT2D eigenvalue weighted by molar-refractivity contribution is 1.07. The zero-order valence-corrected chi connectivity index (χ0v) is 24.8. The normalized spacial score (nSPS) is 11.5. The number of aromatic nitrogens is 5. The van der Waals surface area contributed by atoms with E-state index in [1.54, 1.807) is 0 Å². The minimum absolute atomic E-state index is 0.634. The monoisotopic (exact) mass is 589 g/mol. The molecule has 0 spiro atoms. The van der Waals surface area contributed by atoms with E-state index in [-0.39, 0.29) is 0 Å². The molecule has 0 fully saturated rings. The molecule has 3 aromatic heterocycles. The Morgan fingerprint density at radius 1 is 0.391 bits per heavy atom. The Hall–Kier alpha value is -6.33. The first kappa shape index (κ1) is 26.1. The molecular weight excluding hydrogens is 562 g/mol. The average Bonchev–Trinajstić information content (AvgIpc) is 3.72. The third kappa shape index (κ3) is 4.29. The predicted molar refractivity (Wildman–Crippen MR) is 187 cm³/mol. The molecule has 9 rings (SSSR count). The van der Waals surface area contributed by atoms with Gasteiger partial charge < -0.3 is 9.13 Å². The summed E-state index contributed by atoms with van der Waals surface area (Å²) in [5, 5.41) is 3.63. The van der Waals surface area contributed by atoms with Crippen molar-refractivity contribution >= 4 is 32.7 Å². The summed E-state index contributed by atoms with van der Waals surface area (Å²) in [4.78, 5) is 14.8. The molecule has 5 nitrogen and oxygen atoms in total. The van der Waals surface area contributed by atoms with Gasteiger partial charge in [0.1, 0.15) is 0 Å². The summed E-state index contributed by atoms with van der Waals surface area (Å²) in [6.45, 7) is 0. The number of benzene rings is 6. The first-order valence-electron chi connectivity index (χ1n) is 15.4. The predicted octanol–water partition coefficient (Wildman–Crippen LogP) is 9.91. The lowest BCUT2D eigenvalue weighted by Gasteiger charge is -2.13. The van der Waals surface area contributed by atoms with E-state index >= 15 is 0 Å². The number of fused-ring (bicyclic) bond motifs is 5. The lowest BCUT2D eigenvalue weighted by Crippen LogP contribution is -2.01. The lowest BCUT2D eigenvalue weighted by atomic mass is 10.1. The second-order valence-corrected chi connectivity index (χ2v) is 11.4. The molecule has 3 heterocycles. The van der Waals surface area contributed by atoms with E-state index in [4.69, 9.17) is 15.0 Å². The summed E-state index contributed by atoms with van der Waals surface area (Å²) in [6.07, 6.45) is 2.16. The third-order valence-corrected chi connectivity index (χ3v) is 8.58. The van der Waals surface area contributed by atoms with Crippen molar-refractivity contribution in [3.63, 3.8) is 0 Å². The fourth-order valence-corrected chi connectivity index (χ4v) is 6.47. The second kappa shape index (κ2) is 10.7. The zero-order valence-electron chi connectivity index (χ0n) is 24.8. The van der Waals surface area contributed by atoms with Crippen molar-refractivity contribution in [2.45, 2.75) is 0 Å². The van der Waals surface area contributed by atoms with E-state index in [1.165, 1.54) is 27.2 Å². The van der Waals surface area contributed by atoms with Gasteiger partial charge in [-0.05, 0) is 36.4 Å². The summed E-state index contributed by atoms with van der Waals surface area (Å²) in [5.74, 6) is 1.93. The van der Waals surface area contributed by atoms with Gasteiger partial charge in [-0.25, -0.2) is 15.0 Å². The quantitative estimate of drug-likeness (QED) is 0.201. The van der Waals surface area contributed by atoms with E-state index in [2.05, 4.69) is 112 Å². The van der Waals surface area contributed by atoms with Crippen LogP contribution in [0.5, 0.6) is 0 Å². The maximum atomic E-state index is 4.98. The van der Waals surface area contributed by atoms with Gasteiger partial charge in [0.2, 0.25) is 0 Å². The van der Waals surface area contributed by atoms with Gasteiger partial charge in [0.05, 0.1) is 16.6 Å². The van der Waals surface area contributed by atoms with Crippen molar-refractivity contribution in [3.8, 4) is 45.5 Å². The first-order chi connectivity index (χ1) is 22.8. The summed E-state index contributed by atoms with van der Waals surface area (Å²) < 4.78 is 4.68. The molecule has 5 heteroatoms. The van der Waals surface area contributed by atoms with E-state index in [0.29, 0.717) is 17.5 Å². The molecule has 0 aliphatic heterocycles. The molecular formula is C41H27N5. The number of hydrogen-bond donors (Lipinski definition) is 0. The van der Waals surface area contributed by atoms with Crippen LogP contribution in [-0.2, 0) is 0 Å². The Morgan fingerprint density at radius 3 is 1.65 bits per heavy atom. The van der Waals surface area contributed by atoms with Crippen molar-refractivity contribution in [1.82, 2.24) is 24.1 Å². The largest absolute Gasteiger partial charge is 0.315 e. The smallest absolute Gasteiger partial charge is 0.164 e. The molecule has 0 amide bonds. The molecule has 0 aliphatic rings. The van der Waals surface area contributed by atoms with Crippen LogP contribution in [0.2, 0.25) is 0 Å². The summed E-state index contributed by atoms with van der Waals surface area (Å²) >= 11 is 0. The maximum absolute atomic E-state index is 4.98. The highest BCUT2D eigenvalue weighted by molar-refractivity contribution is 6.18. The van der Waals surface area contributed by atoms with Crippen molar-refractivity contribution in [2.75, 3.05) is 0 Å².